The summed E-state index contributed by atoms with van der Waals surface area (Å²) in [5, 5.41) is 11.1. The van der Waals surface area contributed by atoms with E-state index in [1.54, 1.807) is 18.3 Å². The number of nitrogens with zero attached hydrogens (tertiary/aromatic N) is 3. The number of hydrogen-bond donors (Lipinski definition) is 3. The number of hydrogen-bond acceptors (Lipinski definition) is 6. The predicted octanol–water partition coefficient (Wildman–Crippen LogP) is 3.53. The van der Waals surface area contributed by atoms with Crippen molar-refractivity contribution in [1.82, 2.24) is 19.6 Å². The lowest BCUT2D eigenvalue weighted by molar-refractivity contribution is -0.116. The Morgan fingerprint density at radius 1 is 1.19 bits per heavy atom. The minimum Gasteiger partial charge on any atom is -0.350 e. The highest BCUT2D eigenvalue weighted by molar-refractivity contribution is 7.09. The average molecular weight is 437 g/mol. The number of anilines is 2. The van der Waals surface area contributed by atoms with Gasteiger partial charge in [-0.15, -0.1) is 11.3 Å². The van der Waals surface area contributed by atoms with Gasteiger partial charge in [-0.05, 0) is 42.8 Å². The van der Waals surface area contributed by atoms with E-state index in [1.165, 1.54) is 4.52 Å². The smallest absolute Gasteiger partial charge is 0.277 e. The van der Waals surface area contributed by atoms with E-state index in [1.807, 2.05) is 48.7 Å². The van der Waals surface area contributed by atoms with Crippen molar-refractivity contribution >= 4 is 34.7 Å². The summed E-state index contributed by atoms with van der Waals surface area (Å²) in [5.74, 6) is 0.650. The molecule has 4 aromatic rings. The first-order valence-electron chi connectivity index (χ1n) is 10.2. The first kappa shape index (κ1) is 20.8. The molecular weight excluding hydrogens is 412 g/mol. The first-order chi connectivity index (χ1) is 15.0. The minimum atomic E-state index is -0.235. The molecule has 0 bridgehead atoms. The number of fused-ring (bicyclic) bond motifs is 1. The van der Waals surface area contributed by atoms with Crippen LogP contribution in [0.1, 0.15) is 35.0 Å². The Morgan fingerprint density at radius 3 is 2.81 bits per heavy atom. The number of carbonyl (C=O) groups excluding carboxylic acids is 1. The third-order valence-corrected chi connectivity index (χ3v) is 5.96. The van der Waals surface area contributed by atoms with Gasteiger partial charge in [-0.25, -0.2) is 4.98 Å². The maximum Gasteiger partial charge on any atom is 0.277 e. The fourth-order valence-corrected chi connectivity index (χ4v) is 4.05. The van der Waals surface area contributed by atoms with Gasteiger partial charge in [0.15, 0.2) is 0 Å². The molecule has 0 atom stereocenters. The molecule has 0 unspecified atom stereocenters. The lowest BCUT2D eigenvalue weighted by Gasteiger charge is -2.10. The summed E-state index contributed by atoms with van der Waals surface area (Å²) >= 11 is 1.64. The predicted molar refractivity (Wildman–Crippen MR) is 123 cm³/mol. The van der Waals surface area contributed by atoms with Crippen LogP contribution in [0.2, 0.25) is 0 Å². The van der Waals surface area contributed by atoms with Gasteiger partial charge in [0.25, 0.3) is 11.3 Å². The quantitative estimate of drug-likeness (QED) is 0.392. The summed E-state index contributed by atoms with van der Waals surface area (Å²) in [6.45, 7) is 4.43. The van der Waals surface area contributed by atoms with Gasteiger partial charge < -0.3 is 10.6 Å². The third kappa shape index (κ3) is 4.66. The molecule has 31 heavy (non-hydrogen) atoms. The van der Waals surface area contributed by atoms with Crippen molar-refractivity contribution in [3.05, 3.63) is 73.8 Å². The zero-order valence-corrected chi connectivity index (χ0v) is 18.3. The molecule has 0 radical (unpaired) electrons. The number of benzene rings is 1. The molecule has 8 nitrogen and oxygen atoms in total. The van der Waals surface area contributed by atoms with Crippen molar-refractivity contribution in [2.45, 2.75) is 39.7 Å². The Balaban J connectivity index is 1.47. The molecule has 0 aliphatic carbocycles. The van der Waals surface area contributed by atoms with Gasteiger partial charge >= 0.3 is 0 Å². The number of rotatable bonds is 8. The third-order valence-electron chi connectivity index (χ3n) is 5.08. The highest BCUT2D eigenvalue weighted by atomic mass is 32.1. The molecule has 0 saturated heterocycles. The Kier molecular flexibility index (Phi) is 6.13. The molecule has 3 heterocycles. The molecule has 3 N–H and O–H groups in total. The maximum atomic E-state index is 13.0. The van der Waals surface area contributed by atoms with Crippen LogP contribution in [0.25, 0.3) is 5.78 Å². The Labute approximate surface area is 183 Å². The molecule has 160 valence electrons. The first-order valence-corrected chi connectivity index (χ1v) is 11.1. The minimum absolute atomic E-state index is 0.132. The molecule has 4 rings (SSSR count). The highest BCUT2D eigenvalue weighted by Gasteiger charge is 2.15. The summed E-state index contributed by atoms with van der Waals surface area (Å²) in [7, 11) is 0. The summed E-state index contributed by atoms with van der Waals surface area (Å²) in [4.78, 5) is 35.4. The molecule has 0 fully saturated rings. The van der Waals surface area contributed by atoms with Crippen LogP contribution in [-0.4, -0.2) is 25.5 Å². The van der Waals surface area contributed by atoms with E-state index in [9.17, 15) is 9.59 Å². The van der Waals surface area contributed by atoms with Crippen LogP contribution < -0.4 is 16.2 Å². The average Bonchev–Trinajstić information content (AvgIpc) is 3.42. The molecule has 0 aliphatic heterocycles. The highest BCUT2D eigenvalue weighted by Crippen LogP contribution is 2.16. The number of aromatic nitrogens is 4. The van der Waals surface area contributed by atoms with E-state index in [2.05, 4.69) is 25.7 Å². The van der Waals surface area contributed by atoms with Crippen molar-refractivity contribution in [2.75, 3.05) is 10.6 Å². The molecule has 1 aromatic carbocycles. The van der Waals surface area contributed by atoms with Crippen LogP contribution >= 0.6 is 11.3 Å². The molecule has 0 saturated carbocycles. The lowest BCUT2D eigenvalue weighted by atomic mass is 10.1. The fourth-order valence-electron chi connectivity index (χ4n) is 3.41. The number of carbonyl (C=O) groups is 1. The number of aryl methyl sites for hydroxylation is 2. The van der Waals surface area contributed by atoms with Crippen LogP contribution in [0, 0.1) is 6.92 Å². The normalized spacial score (nSPS) is 11.0. The standard InChI is InChI=1S/C22H24N6O2S/c1-3-15-7-4-5-9-18(15)25-19(29)11-10-17-14(2)24-22-26-21(27-28(22)20(17)30)23-13-16-8-6-12-31-16/h4-9,12H,3,10-11,13H2,1-2H3,(H,25,29)(H2,23,24,26,27). The zero-order chi connectivity index (χ0) is 21.8. The summed E-state index contributed by atoms with van der Waals surface area (Å²) in [5.41, 5.74) is 2.75. The van der Waals surface area contributed by atoms with E-state index in [0.717, 1.165) is 22.5 Å². The summed E-state index contributed by atoms with van der Waals surface area (Å²) in [6.07, 6.45) is 1.33. The Morgan fingerprint density at radius 2 is 2.03 bits per heavy atom. The van der Waals surface area contributed by atoms with E-state index < -0.39 is 0 Å². The Bertz CT molecular complexity index is 1260. The van der Waals surface area contributed by atoms with Gasteiger partial charge in [-0.1, -0.05) is 31.2 Å². The van der Waals surface area contributed by atoms with E-state index >= 15 is 0 Å². The number of thiophene rings is 1. The van der Waals surface area contributed by atoms with Crippen LogP contribution in [0.3, 0.4) is 0 Å². The number of amides is 1. The molecule has 0 spiro atoms. The van der Waals surface area contributed by atoms with Crippen molar-refractivity contribution < 1.29 is 4.79 Å². The topological polar surface area (TPSA) is 104 Å². The van der Waals surface area contributed by atoms with Gasteiger partial charge in [0.05, 0.1) is 12.2 Å². The van der Waals surface area contributed by atoms with Gasteiger partial charge in [0.1, 0.15) is 0 Å². The number of H-pyrrole nitrogens is 1. The van der Waals surface area contributed by atoms with Crippen LogP contribution in [0.15, 0.2) is 46.6 Å². The van der Waals surface area contributed by atoms with Gasteiger partial charge in [-0.3, -0.25) is 14.7 Å². The molecular formula is C22H24N6O2S. The lowest BCUT2D eigenvalue weighted by Crippen LogP contribution is -2.23. The number of nitrogens with one attached hydrogen (secondary N) is 3. The van der Waals surface area contributed by atoms with Crippen molar-refractivity contribution in [1.29, 1.82) is 0 Å². The summed E-state index contributed by atoms with van der Waals surface area (Å²) in [6, 6.07) is 11.7. The second kappa shape index (κ2) is 9.13. The number of aromatic amines is 1. The molecule has 9 heteroatoms. The fraction of sp³-hybridized carbons (Fsp3) is 0.273. The van der Waals surface area contributed by atoms with Crippen molar-refractivity contribution in [3.63, 3.8) is 0 Å². The second-order valence-electron chi connectivity index (χ2n) is 7.18. The van der Waals surface area contributed by atoms with Crippen LogP contribution in [0.5, 0.6) is 0 Å². The van der Waals surface area contributed by atoms with Crippen LogP contribution in [-0.2, 0) is 24.2 Å². The monoisotopic (exact) mass is 436 g/mol. The molecule has 1 amide bonds. The molecule has 0 aliphatic rings. The zero-order valence-electron chi connectivity index (χ0n) is 17.4. The maximum absolute atomic E-state index is 13.0. The van der Waals surface area contributed by atoms with Crippen LogP contribution in [0.4, 0.5) is 11.6 Å². The van der Waals surface area contributed by atoms with Crippen molar-refractivity contribution in [2.24, 2.45) is 0 Å². The number of para-hydroxylation sites is 1. The second-order valence-corrected chi connectivity index (χ2v) is 8.21. The van der Waals surface area contributed by atoms with Gasteiger partial charge in [0.2, 0.25) is 11.9 Å². The van der Waals surface area contributed by atoms with E-state index in [4.69, 9.17) is 0 Å². The van der Waals surface area contributed by atoms with Gasteiger partial charge in [0, 0.05) is 22.5 Å². The van der Waals surface area contributed by atoms with Gasteiger partial charge in [-0.2, -0.15) is 9.50 Å². The Hall–Kier alpha value is -3.46. The van der Waals surface area contributed by atoms with E-state index in [-0.39, 0.29) is 17.9 Å². The SMILES string of the molecule is CCc1ccccc1NC(=O)CCc1c(C)nc2nc(NCc3cccs3)[nH]n2c1=O. The van der Waals surface area contributed by atoms with Crippen molar-refractivity contribution in [3.8, 4) is 0 Å². The largest absolute Gasteiger partial charge is 0.350 e. The molecule has 3 aromatic heterocycles. The summed E-state index contributed by atoms with van der Waals surface area (Å²) < 4.78 is 1.32. The van der Waals surface area contributed by atoms with E-state index in [0.29, 0.717) is 35.9 Å².